The van der Waals surface area contributed by atoms with Crippen LogP contribution in [-0.2, 0) is 5.75 Å². The largest absolute Gasteiger partial charge is 0.496 e. The van der Waals surface area contributed by atoms with Gasteiger partial charge < -0.3 is 9.64 Å². The molecular formula is C28H30N2O2S. The van der Waals surface area contributed by atoms with Crippen molar-refractivity contribution in [3.63, 3.8) is 0 Å². The van der Waals surface area contributed by atoms with Crippen molar-refractivity contribution in [2.45, 2.75) is 10.6 Å². The van der Waals surface area contributed by atoms with Crippen molar-refractivity contribution in [3.05, 3.63) is 102 Å². The molecule has 0 aromatic heterocycles. The van der Waals surface area contributed by atoms with Gasteiger partial charge in [0.25, 0.3) is 5.91 Å². The third-order valence-electron chi connectivity index (χ3n) is 5.80. The highest BCUT2D eigenvalue weighted by atomic mass is 32.2. The number of thioether (sulfide) groups is 1. The predicted molar refractivity (Wildman–Crippen MR) is 137 cm³/mol. The summed E-state index contributed by atoms with van der Waals surface area (Å²) in [4.78, 5) is 18.7. The summed E-state index contributed by atoms with van der Waals surface area (Å²) in [6, 6.07) is 26.4. The fraction of sp³-hybridized carbons (Fsp3) is 0.250. The van der Waals surface area contributed by atoms with E-state index in [9.17, 15) is 4.79 Å². The lowest BCUT2D eigenvalue weighted by Gasteiger charge is -2.34. The second kappa shape index (κ2) is 11.7. The Kier molecular flexibility index (Phi) is 8.23. The normalized spacial score (nSPS) is 14.5. The highest BCUT2D eigenvalue weighted by Gasteiger charge is 2.22. The van der Waals surface area contributed by atoms with E-state index in [1.54, 1.807) is 18.9 Å². The molecule has 3 aromatic carbocycles. The molecule has 1 aliphatic heterocycles. The maximum Gasteiger partial charge on any atom is 0.253 e. The minimum absolute atomic E-state index is 0.100. The van der Waals surface area contributed by atoms with E-state index in [1.807, 2.05) is 47.4 Å². The first-order valence-electron chi connectivity index (χ1n) is 11.3. The molecule has 0 saturated carbocycles. The monoisotopic (exact) mass is 458 g/mol. The Morgan fingerprint density at radius 1 is 0.939 bits per heavy atom. The number of hydrogen-bond donors (Lipinski definition) is 0. The zero-order valence-corrected chi connectivity index (χ0v) is 19.8. The minimum Gasteiger partial charge on any atom is -0.496 e. The number of hydrogen-bond acceptors (Lipinski definition) is 4. The van der Waals surface area contributed by atoms with Crippen molar-refractivity contribution in [1.82, 2.24) is 9.80 Å². The number of benzene rings is 3. The van der Waals surface area contributed by atoms with Crippen molar-refractivity contribution in [2.24, 2.45) is 0 Å². The van der Waals surface area contributed by atoms with Crippen LogP contribution in [0, 0.1) is 0 Å². The van der Waals surface area contributed by atoms with E-state index in [2.05, 4.69) is 53.5 Å². The quantitative estimate of drug-likeness (QED) is 0.420. The third kappa shape index (κ3) is 6.50. The van der Waals surface area contributed by atoms with Crippen LogP contribution in [0.1, 0.15) is 21.5 Å². The summed E-state index contributed by atoms with van der Waals surface area (Å²) in [7, 11) is 1.68. The molecule has 1 saturated heterocycles. The average Bonchev–Trinajstić information content (AvgIpc) is 2.88. The SMILES string of the molecule is COc1ccc(C(=O)N2CCN(C/C=C/c3ccccc3)CC2)cc1CSc1ccccc1. The summed E-state index contributed by atoms with van der Waals surface area (Å²) >= 11 is 1.75. The molecule has 1 aliphatic rings. The van der Waals surface area contributed by atoms with Crippen LogP contribution in [0.2, 0.25) is 0 Å². The van der Waals surface area contributed by atoms with Crippen LogP contribution in [0.3, 0.4) is 0 Å². The van der Waals surface area contributed by atoms with Crippen LogP contribution in [0.25, 0.3) is 6.08 Å². The van der Waals surface area contributed by atoms with Gasteiger partial charge in [-0.3, -0.25) is 9.69 Å². The summed E-state index contributed by atoms with van der Waals surface area (Å²) in [6.45, 7) is 4.17. The number of methoxy groups -OCH3 is 1. The molecule has 170 valence electrons. The number of carbonyl (C=O) groups excluding carboxylic acids is 1. The summed E-state index contributed by atoms with van der Waals surface area (Å²) < 4.78 is 5.55. The Labute approximate surface area is 200 Å². The molecule has 0 atom stereocenters. The predicted octanol–water partition coefficient (Wildman–Crippen LogP) is 5.46. The van der Waals surface area contributed by atoms with E-state index in [0.717, 1.165) is 55.4 Å². The molecule has 0 unspecified atom stereocenters. The number of ether oxygens (including phenoxy) is 1. The van der Waals surface area contributed by atoms with E-state index in [-0.39, 0.29) is 5.91 Å². The van der Waals surface area contributed by atoms with E-state index < -0.39 is 0 Å². The van der Waals surface area contributed by atoms with Crippen molar-refractivity contribution in [3.8, 4) is 5.75 Å². The number of nitrogens with zero attached hydrogens (tertiary/aromatic N) is 2. The van der Waals surface area contributed by atoms with E-state index in [4.69, 9.17) is 4.74 Å². The first-order valence-corrected chi connectivity index (χ1v) is 12.3. The molecule has 4 rings (SSSR count). The van der Waals surface area contributed by atoms with E-state index >= 15 is 0 Å². The standard InChI is InChI=1S/C28H30N2O2S/c1-32-27-15-14-24(21-25(27)22-33-26-12-6-3-7-13-26)28(31)30-19-17-29(18-20-30)16-8-11-23-9-4-2-5-10-23/h2-15,21H,16-20,22H2,1H3/b11-8+. The molecule has 5 heteroatoms. The maximum atomic E-state index is 13.2. The first-order chi connectivity index (χ1) is 16.2. The molecule has 3 aromatic rings. The van der Waals surface area contributed by atoms with Crippen molar-refractivity contribution >= 4 is 23.7 Å². The van der Waals surface area contributed by atoms with Crippen molar-refractivity contribution < 1.29 is 9.53 Å². The van der Waals surface area contributed by atoms with Gasteiger partial charge in [-0.25, -0.2) is 0 Å². The molecule has 1 fully saturated rings. The minimum atomic E-state index is 0.100. The molecule has 1 amide bonds. The molecule has 0 bridgehead atoms. The van der Waals surface area contributed by atoms with Gasteiger partial charge in [0.05, 0.1) is 7.11 Å². The highest BCUT2D eigenvalue weighted by Crippen LogP contribution is 2.29. The van der Waals surface area contributed by atoms with Gasteiger partial charge in [0, 0.05) is 54.5 Å². The average molecular weight is 459 g/mol. The van der Waals surface area contributed by atoms with E-state index in [0.29, 0.717) is 0 Å². The molecule has 1 heterocycles. The fourth-order valence-electron chi connectivity index (χ4n) is 3.92. The highest BCUT2D eigenvalue weighted by molar-refractivity contribution is 7.98. The number of amides is 1. The molecule has 0 N–H and O–H groups in total. The Hall–Kier alpha value is -3.02. The van der Waals surface area contributed by atoms with Crippen molar-refractivity contribution in [1.29, 1.82) is 0 Å². The van der Waals surface area contributed by atoms with Gasteiger partial charge in [-0.05, 0) is 35.9 Å². The van der Waals surface area contributed by atoms with E-state index in [1.165, 1.54) is 10.5 Å². The molecule has 0 radical (unpaired) electrons. The lowest BCUT2D eigenvalue weighted by molar-refractivity contribution is 0.0650. The van der Waals surface area contributed by atoms with Crippen molar-refractivity contribution in [2.75, 3.05) is 39.8 Å². The zero-order chi connectivity index (χ0) is 22.9. The number of piperazine rings is 1. The van der Waals surface area contributed by atoms with Crippen LogP contribution < -0.4 is 4.74 Å². The van der Waals surface area contributed by atoms with Crippen LogP contribution >= 0.6 is 11.8 Å². The smallest absolute Gasteiger partial charge is 0.253 e. The van der Waals surface area contributed by atoms with Gasteiger partial charge in [0.2, 0.25) is 0 Å². The molecule has 4 nitrogen and oxygen atoms in total. The van der Waals surface area contributed by atoms with Crippen LogP contribution in [0.4, 0.5) is 0 Å². The first kappa shape index (κ1) is 23.1. The molecular weight excluding hydrogens is 428 g/mol. The Morgan fingerprint density at radius 2 is 1.64 bits per heavy atom. The molecule has 0 spiro atoms. The van der Waals surface area contributed by atoms with Crippen LogP contribution in [-0.4, -0.2) is 55.5 Å². The molecule has 33 heavy (non-hydrogen) atoms. The summed E-state index contributed by atoms with van der Waals surface area (Å²) in [5.41, 5.74) is 2.99. The zero-order valence-electron chi connectivity index (χ0n) is 19.0. The van der Waals surface area contributed by atoms with Gasteiger partial charge >= 0.3 is 0 Å². The van der Waals surface area contributed by atoms with Gasteiger partial charge in [-0.15, -0.1) is 11.8 Å². The lowest BCUT2D eigenvalue weighted by atomic mass is 10.1. The van der Waals surface area contributed by atoms with Gasteiger partial charge in [-0.2, -0.15) is 0 Å². The topological polar surface area (TPSA) is 32.8 Å². The Morgan fingerprint density at radius 3 is 2.33 bits per heavy atom. The summed E-state index contributed by atoms with van der Waals surface area (Å²) in [5, 5.41) is 0. The Balaban J connectivity index is 1.32. The number of carbonyl (C=O) groups is 1. The summed E-state index contributed by atoms with van der Waals surface area (Å²) in [6.07, 6.45) is 4.36. The maximum absolute atomic E-state index is 13.2. The van der Waals surface area contributed by atoms with Gasteiger partial charge in [-0.1, -0.05) is 60.7 Å². The number of rotatable bonds is 8. The van der Waals surface area contributed by atoms with Gasteiger partial charge in [0.15, 0.2) is 0 Å². The van der Waals surface area contributed by atoms with Gasteiger partial charge in [0.1, 0.15) is 5.75 Å². The second-order valence-electron chi connectivity index (χ2n) is 8.03. The lowest BCUT2D eigenvalue weighted by Crippen LogP contribution is -2.48. The second-order valence-corrected chi connectivity index (χ2v) is 9.08. The van der Waals surface area contributed by atoms with Crippen LogP contribution in [0.15, 0.2) is 89.8 Å². The third-order valence-corrected chi connectivity index (χ3v) is 6.86. The fourth-order valence-corrected chi connectivity index (χ4v) is 4.82. The Bertz CT molecular complexity index is 1060. The van der Waals surface area contributed by atoms with Crippen LogP contribution in [0.5, 0.6) is 5.75 Å². The molecule has 0 aliphatic carbocycles. The summed E-state index contributed by atoms with van der Waals surface area (Å²) in [5.74, 6) is 1.68.